The first kappa shape index (κ1) is 12.7. The van der Waals surface area contributed by atoms with Crippen molar-refractivity contribution < 1.29 is 0 Å². The van der Waals surface area contributed by atoms with Gasteiger partial charge in [0.2, 0.25) is 0 Å². The summed E-state index contributed by atoms with van der Waals surface area (Å²) in [5, 5.41) is 3.54. The largest absolute Gasteiger partial charge is 0.312 e. The number of aryl methyl sites for hydroxylation is 2. The molecule has 1 aromatic heterocycles. The molecule has 0 aromatic carbocycles. The Bertz CT molecular complexity index is 271. The van der Waals surface area contributed by atoms with Gasteiger partial charge in [0.1, 0.15) is 0 Å². The normalized spacial score (nSPS) is 13.1. The summed E-state index contributed by atoms with van der Waals surface area (Å²) in [5.74, 6) is 0.803. The second-order valence-electron chi connectivity index (χ2n) is 4.48. The summed E-state index contributed by atoms with van der Waals surface area (Å²) in [6, 6.07) is 2.30. The maximum Gasteiger partial charge on any atom is 0.0300 e. The third-order valence-corrected chi connectivity index (χ3v) is 3.94. The van der Waals surface area contributed by atoms with Crippen molar-refractivity contribution >= 4 is 11.3 Å². The summed E-state index contributed by atoms with van der Waals surface area (Å²) in [4.78, 5) is 2.92. The predicted molar refractivity (Wildman–Crippen MR) is 69.6 cm³/mol. The summed E-state index contributed by atoms with van der Waals surface area (Å²) in [5.41, 5.74) is 1.43. The zero-order valence-electron chi connectivity index (χ0n) is 10.4. The minimum absolute atomic E-state index is 0.803. The van der Waals surface area contributed by atoms with E-state index in [9.17, 15) is 0 Å². The van der Waals surface area contributed by atoms with E-state index in [-0.39, 0.29) is 0 Å². The van der Waals surface area contributed by atoms with Gasteiger partial charge in [0.05, 0.1) is 0 Å². The Hall–Kier alpha value is -0.340. The van der Waals surface area contributed by atoms with Crippen LogP contribution in [0.2, 0.25) is 0 Å². The van der Waals surface area contributed by atoms with Crippen molar-refractivity contribution in [1.82, 2.24) is 5.32 Å². The number of hydrogen-bond acceptors (Lipinski definition) is 2. The minimum Gasteiger partial charge on any atom is -0.312 e. The monoisotopic (exact) mass is 225 g/mol. The van der Waals surface area contributed by atoms with Crippen LogP contribution in [0.25, 0.3) is 0 Å². The van der Waals surface area contributed by atoms with Gasteiger partial charge in [-0.1, -0.05) is 20.3 Å². The van der Waals surface area contributed by atoms with Crippen LogP contribution in [0.3, 0.4) is 0 Å². The van der Waals surface area contributed by atoms with Crippen molar-refractivity contribution in [3.05, 3.63) is 21.4 Å². The lowest BCUT2D eigenvalue weighted by atomic mass is 10.1. The Morgan fingerprint density at radius 2 is 2.13 bits per heavy atom. The molecule has 0 aliphatic carbocycles. The van der Waals surface area contributed by atoms with E-state index in [1.165, 1.54) is 28.2 Å². The van der Waals surface area contributed by atoms with Crippen molar-refractivity contribution in [2.45, 2.75) is 47.1 Å². The van der Waals surface area contributed by atoms with Crippen LogP contribution in [-0.4, -0.2) is 6.54 Å². The van der Waals surface area contributed by atoms with Gasteiger partial charge in [0, 0.05) is 16.3 Å². The van der Waals surface area contributed by atoms with E-state index in [0.717, 1.165) is 19.0 Å². The molecule has 2 heteroatoms. The minimum atomic E-state index is 0.803. The van der Waals surface area contributed by atoms with Crippen LogP contribution in [0.1, 0.15) is 42.0 Å². The van der Waals surface area contributed by atoms with E-state index in [0.29, 0.717) is 0 Å². The highest BCUT2D eigenvalue weighted by Gasteiger charge is 2.03. The molecule has 1 unspecified atom stereocenters. The van der Waals surface area contributed by atoms with Gasteiger partial charge in [-0.3, -0.25) is 0 Å². The lowest BCUT2D eigenvalue weighted by molar-refractivity contribution is 0.477. The Balaban J connectivity index is 2.25. The van der Waals surface area contributed by atoms with E-state index in [2.05, 4.69) is 39.1 Å². The highest BCUT2D eigenvalue weighted by atomic mass is 32.1. The zero-order chi connectivity index (χ0) is 11.3. The average Bonchev–Trinajstić information content (AvgIpc) is 2.46. The maximum absolute atomic E-state index is 3.54. The van der Waals surface area contributed by atoms with Crippen LogP contribution in [-0.2, 0) is 6.54 Å². The van der Waals surface area contributed by atoms with Gasteiger partial charge in [0.25, 0.3) is 0 Å². The lowest BCUT2D eigenvalue weighted by Gasteiger charge is -2.10. The molecule has 0 spiro atoms. The molecule has 1 nitrogen and oxygen atoms in total. The van der Waals surface area contributed by atoms with Gasteiger partial charge in [-0.05, 0) is 44.4 Å². The van der Waals surface area contributed by atoms with E-state index >= 15 is 0 Å². The molecule has 0 amide bonds. The third kappa shape index (κ3) is 4.35. The Morgan fingerprint density at radius 3 is 2.67 bits per heavy atom. The van der Waals surface area contributed by atoms with Crippen molar-refractivity contribution in [3.8, 4) is 0 Å². The average molecular weight is 225 g/mol. The molecule has 0 aliphatic heterocycles. The topological polar surface area (TPSA) is 12.0 Å². The fourth-order valence-corrected chi connectivity index (χ4v) is 2.80. The van der Waals surface area contributed by atoms with E-state index in [1.807, 2.05) is 11.3 Å². The Morgan fingerprint density at radius 1 is 1.40 bits per heavy atom. The molecular formula is C13H23NS. The second-order valence-corrected chi connectivity index (χ2v) is 5.82. The highest BCUT2D eigenvalue weighted by molar-refractivity contribution is 7.12. The van der Waals surface area contributed by atoms with Crippen LogP contribution < -0.4 is 5.32 Å². The summed E-state index contributed by atoms with van der Waals surface area (Å²) in [6.45, 7) is 11.1. The number of nitrogens with one attached hydrogen (secondary N) is 1. The molecular weight excluding hydrogens is 202 g/mol. The molecule has 0 aliphatic rings. The van der Waals surface area contributed by atoms with E-state index < -0.39 is 0 Å². The van der Waals surface area contributed by atoms with Crippen molar-refractivity contribution in [2.75, 3.05) is 6.54 Å². The number of rotatable bonds is 6. The van der Waals surface area contributed by atoms with Gasteiger partial charge in [-0.25, -0.2) is 0 Å². The molecule has 0 saturated carbocycles. The van der Waals surface area contributed by atoms with Gasteiger partial charge in [0.15, 0.2) is 0 Å². The molecule has 1 aromatic rings. The van der Waals surface area contributed by atoms with Crippen LogP contribution in [0.15, 0.2) is 6.07 Å². The van der Waals surface area contributed by atoms with Crippen molar-refractivity contribution in [1.29, 1.82) is 0 Å². The van der Waals surface area contributed by atoms with Crippen LogP contribution in [0.4, 0.5) is 0 Å². The molecule has 1 atom stereocenters. The summed E-state index contributed by atoms with van der Waals surface area (Å²) in [7, 11) is 0. The molecule has 1 heterocycles. The summed E-state index contributed by atoms with van der Waals surface area (Å²) >= 11 is 1.92. The van der Waals surface area contributed by atoms with Gasteiger partial charge in [-0.15, -0.1) is 11.3 Å². The Labute approximate surface area is 97.9 Å². The van der Waals surface area contributed by atoms with Crippen LogP contribution in [0, 0.1) is 19.8 Å². The maximum atomic E-state index is 3.54. The standard InChI is InChI=1S/C13H23NS/c1-5-6-10(2)8-14-9-13-7-11(3)12(4)15-13/h7,10,14H,5-6,8-9H2,1-4H3. The molecule has 15 heavy (non-hydrogen) atoms. The van der Waals surface area contributed by atoms with Crippen molar-refractivity contribution in [2.24, 2.45) is 5.92 Å². The first-order chi connectivity index (χ1) is 7.13. The summed E-state index contributed by atoms with van der Waals surface area (Å²) in [6.07, 6.45) is 2.62. The SMILES string of the molecule is CCCC(C)CNCc1cc(C)c(C)s1. The zero-order valence-corrected chi connectivity index (χ0v) is 11.2. The van der Waals surface area contributed by atoms with Crippen LogP contribution in [0.5, 0.6) is 0 Å². The second kappa shape index (κ2) is 6.29. The molecule has 0 bridgehead atoms. The summed E-state index contributed by atoms with van der Waals surface area (Å²) < 4.78 is 0. The van der Waals surface area contributed by atoms with Gasteiger partial charge >= 0.3 is 0 Å². The van der Waals surface area contributed by atoms with Crippen molar-refractivity contribution in [3.63, 3.8) is 0 Å². The molecule has 0 radical (unpaired) electrons. The first-order valence-corrected chi connectivity index (χ1v) is 6.71. The van der Waals surface area contributed by atoms with Crippen LogP contribution >= 0.6 is 11.3 Å². The molecule has 0 saturated heterocycles. The smallest absolute Gasteiger partial charge is 0.0300 e. The molecule has 1 rings (SSSR count). The first-order valence-electron chi connectivity index (χ1n) is 5.90. The Kier molecular flexibility index (Phi) is 5.34. The number of hydrogen-bond donors (Lipinski definition) is 1. The highest BCUT2D eigenvalue weighted by Crippen LogP contribution is 2.20. The fraction of sp³-hybridized carbons (Fsp3) is 0.692. The lowest BCUT2D eigenvalue weighted by Crippen LogP contribution is -2.20. The molecule has 0 fully saturated rings. The fourth-order valence-electron chi connectivity index (χ4n) is 1.77. The van der Waals surface area contributed by atoms with Gasteiger partial charge in [-0.2, -0.15) is 0 Å². The van der Waals surface area contributed by atoms with E-state index in [4.69, 9.17) is 0 Å². The third-order valence-electron chi connectivity index (χ3n) is 2.79. The predicted octanol–water partition coefficient (Wildman–Crippen LogP) is 3.89. The molecule has 1 N–H and O–H groups in total. The van der Waals surface area contributed by atoms with E-state index in [1.54, 1.807) is 0 Å². The van der Waals surface area contributed by atoms with Gasteiger partial charge < -0.3 is 5.32 Å². The quantitative estimate of drug-likeness (QED) is 0.774. The number of thiophene rings is 1. The molecule has 86 valence electrons.